The van der Waals surface area contributed by atoms with Gasteiger partial charge in [0.1, 0.15) is 5.57 Å². The number of halogens is 1. The molecule has 1 heterocycles. The molecular weight excluding hydrogens is 344 g/mol. The van der Waals surface area contributed by atoms with Crippen LogP contribution in [-0.4, -0.2) is 42.0 Å². The number of phenols is 1. The van der Waals surface area contributed by atoms with Crippen molar-refractivity contribution in [1.82, 2.24) is 10.2 Å². The van der Waals surface area contributed by atoms with Crippen LogP contribution in [0.4, 0.5) is 4.79 Å². The maximum atomic E-state index is 11.9. The average molecular weight is 355 g/mol. The third kappa shape index (κ3) is 2.75. The van der Waals surface area contributed by atoms with Crippen LogP contribution in [0.1, 0.15) is 5.56 Å². The zero-order chi connectivity index (χ0) is 15.7. The number of benzene rings is 1. The number of aromatic hydroxyl groups is 1. The SMILES string of the molecule is COc1cc(/C=C2/C(=O)NC(=O)N(C)C2=O)cc(Br)c1O. The second kappa shape index (κ2) is 5.57. The summed E-state index contributed by atoms with van der Waals surface area (Å²) in [5.74, 6) is -1.38. The Bertz CT molecular complexity index is 683. The predicted molar refractivity (Wildman–Crippen MR) is 76.6 cm³/mol. The van der Waals surface area contributed by atoms with Crippen LogP contribution >= 0.6 is 15.9 Å². The molecule has 2 N–H and O–H groups in total. The van der Waals surface area contributed by atoms with E-state index in [0.717, 1.165) is 4.90 Å². The van der Waals surface area contributed by atoms with Crippen molar-refractivity contribution >= 4 is 39.9 Å². The first-order valence-electron chi connectivity index (χ1n) is 5.76. The standard InChI is InChI=1S/C13H11BrN2O5/c1-16-12(19)7(11(18)15-13(16)20)3-6-4-8(14)10(17)9(5-6)21-2/h3-5,17H,1-2H3,(H,15,18,20)/b7-3-. The molecule has 1 aliphatic heterocycles. The predicted octanol–water partition coefficient (Wildman–Crippen LogP) is 1.25. The van der Waals surface area contributed by atoms with Crippen molar-refractivity contribution in [2.24, 2.45) is 0 Å². The fourth-order valence-corrected chi connectivity index (χ4v) is 2.20. The van der Waals surface area contributed by atoms with E-state index in [2.05, 4.69) is 21.2 Å². The lowest BCUT2D eigenvalue weighted by Crippen LogP contribution is -2.52. The minimum absolute atomic E-state index is 0.0913. The summed E-state index contributed by atoms with van der Waals surface area (Å²) in [6.45, 7) is 0. The van der Waals surface area contributed by atoms with E-state index in [1.807, 2.05) is 0 Å². The zero-order valence-corrected chi connectivity index (χ0v) is 12.7. The quantitative estimate of drug-likeness (QED) is 0.615. The van der Waals surface area contributed by atoms with Crippen molar-refractivity contribution < 1.29 is 24.2 Å². The maximum absolute atomic E-state index is 11.9. The van der Waals surface area contributed by atoms with Crippen molar-refractivity contribution in [3.05, 3.63) is 27.7 Å². The van der Waals surface area contributed by atoms with Crippen LogP contribution in [0, 0.1) is 0 Å². The van der Waals surface area contributed by atoms with E-state index >= 15 is 0 Å². The molecule has 110 valence electrons. The number of rotatable bonds is 2. The molecule has 8 heteroatoms. The summed E-state index contributed by atoms with van der Waals surface area (Å²) in [6, 6.07) is 2.21. The number of likely N-dealkylation sites (N-methyl/N-ethyl adjacent to an activating group) is 1. The molecule has 1 fully saturated rings. The van der Waals surface area contributed by atoms with Gasteiger partial charge in [-0.2, -0.15) is 0 Å². The number of amides is 4. The molecular formula is C13H11BrN2O5. The highest BCUT2D eigenvalue weighted by molar-refractivity contribution is 9.10. The Balaban J connectivity index is 2.48. The summed E-state index contributed by atoms with van der Waals surface area (Å²) >= 11 is 3.14. The van der Waals surface area contributed by atoms with E-state index in [9.17, 15) is 19.5 Å². The number of urea groups is 1. The summed E-state index contributed by atoms with van der Waals surface area (Å²) in [5, 5.41) is 11.8. The van der Waals surface area contributed by atoms with Crippen molar-refractivity contribution in [2.45, 2.75) is 0 Å². The Labute approximate surface area is 128 Å². The van der Waals surface area contributed by atoms with Gasteiger partial charge in [-0.25, -0.2) is 4.79 Å². The second-order valence-electron chi connectivity index (χ2n) is 4.24. The normalized spacial score (nSPS) is 17.2. The van der Waals surface area contributed by atoms with Gasteiger partial charge < -0.3 is 9.84 Å². The molecule has 0 unspecified atom stereocenters. The number of carbonyl (C=O) groups is 3. The number of methoxy groups -OCH3 is 1. The third-order valence-corrected chi connectivity index (χ3v) is 3.49. The van der Waals surface area contributed by atoms with Gasteiger partial charge in [0.25, 0.3) is 11.8 Å². The summed E-state index contributed by atoms with van der Waals surface area (Å²) in [7, 11) is 2.65. The molecule has 0 saturated carbocycles. The van der Waals surface area contributed by atoms with Crippen LogP contribution in [0.25, 0.3) is 6.08 Å². The first kappa shape index (κ1) is 15.0. The van der Waals surface area contributed by atoms with Crippen LogP contribution in [0.15, 0.2) is 22.2 Å². The summed E-state index contributed by atoms with van der Waals surface area (Å²) in [6.07, 6.45) is 1.31. The number of nitrogens with one attached hydrogen (secondary N) is 1. The molecule has 0 aromatic heterocycles. The van der Waals surface area contributed by atoms with Gasteiger partial charge >= 0.3 is 6.03 Å². The number of hydrogen-bond donors (Lipinski definition) is 2. The third-order valence-electron chi connectivity index (χ3n) is 2.89. The number of carbonyl (C=O) groups excluding carboxylic acids is 3. The smallest absolute Gasteiger partial charge is 0.331 e. The van der Waals surface area contributed by atoms with Crippen LogP contribution in [-0.2, 0) is 9.59 Å². The van der Waals surface area contributed by atoms with E-state index in [1.165, 1.54) is 32.4 Å². The molecule has 2 rings (SSSR count). The number of barbiturate groups is 1. The molecule has 0 spiro atoms. The number of ether oxygens (including phenoxy) is 1. The highest BCUT2D eigenvalue weighted by atomic mass is 79.9. The molecule has 1 aliphatic rings. The average Bonchev–Trinajstić information content (AvgIpc) is 2.44. The monoisotopic (exact) mass is 354 g/mol. The Kier molecular flexibility index (Phi) is 3.99. The lowest BCUT2D eigenvalue weighted by Gasteiger charge is -2.22. The Morgan fingerprint density at radius 2 is 2.00 bits per heavy atom. The lowest BCUT2D eigenvalue weighted by atomic mass is 10.1. The highest BCUT2D eigenvalue weighted by Gasteiger charge is 2.33. The minimum Gasteiger partial charge on any atom is -0.503 e. The highest BCUT2D eigenvalue weighted by Crippen LogP contribution is 2.35. The molecule has 0 bridgehead atoms. The molecule has 1 aromatic rings. The van der Waals surface area contributed by atoms with Gasteiger partial charge in [0.05, 0.1) is 11.6 Å². The fourth-order valence-electron chi connectivity index (χ4n) is 1.75. The maximum Gasteiger partial charge on any atom is 0.331 e. The first-order valence-corrected chi connectivity index (χ1v) is 6.56. The van der Waals surface area contributed by atoms with Crippen LogP contribution in [0.3, 0.4) is 0 Å². The molecule has 0 aliphatic carbocycles. The Morgan fingerprint density at radius 1 is 1.33 bits per heavy atom. The van der Waals surface area contributed by atoms with Crippen molar-refractivity contribution in [3.63, 3.8) is 0 Å². The Morgan fingerprint density at radius 3 is 2.62 bits per heavy atom. The number of hydrogen-bond acceptors (Lipinski definition) is 5. The van der Waals surface area contributed by atoms with Gasteiger partial charge in [0.2, 0.25) is 0 Å². The number of imide groups is 2. The van der Waals surface area contributed by atoms with Crippen molar-refractivity contribution in [3.8, 4) is 11.5 Å². The summed E-state index contributed by atoms with van der Waals surface area (Å²) < 4.78 is 5.34. The number of nitrogens with zero attached hydrogens (tertiary/aromatic N) is 1. The molecule has 7 nitrogen and oxygen atoms in total. The lowest BCUT2D eigenvalue weighted by molar-refractivity contribution is -0.129. The van der Waals surface area contributed by atoms with E-state index in [-0.39, 0.29) is 17.1 Å². The van der Waals surface area contributed by atoms with Crippen molar-refractivity contribution in [2.75, 3.05) is 14.2 Å². The molecule has 1 saturated heterocycles. The van der Waals surface area contributed by atoms with E-state index in [0.29, 0.717) is 10.0 Å². The van der Waals surface area contributed by atoms with Crippen LogP contribution in [0.5, 0.6) is 11.5 Å². The van der Waals surface area contributed by atoms with Crippen LogP contribution < -0.4 is 10.1 Å². The van der Waals surface area contributed by atoms with E-state index in [1.54, 1.807) is 0 Å². The van der Waals surface area contributed by atoms with Gasteiger partial charge in [-0.3, -0.25) is 19.8 Å². The zero-order valence-electron chi connectivity index (χ0n) is 11.1. The molecule has 21 heavy (non-hydrogen) atoms. The fraction of sp³-hybridized carbons (Fsp3) is 0.154. The van der Waals surface area contributed by atoms with E-state index < -0.39 is 17.8 Å². The van der Waals surface area contributed by atoms with Gasteiger partial charge in [0, 0.05) is 7.05 Å². The topological polar surface area (TPSA) is 95.9 Å². The summed E-state index contributed by atoms with van der Waals surface area (Å²) in [4.78, 5) is 35.8. The molecule has 0 radical (unpaired) electrons. The van der Waals surface area contributed by atoms with Crippen molar-refractivity contribution in [1.29, 1.82) is 0 Å². The first-order chi connectivity index (χ1) is 9.85. The van der Waals surface area contributed by atoms with Gasteiger partial charge in [-0.05, 0) is 39.7 Å². The molecule has 4 amide bonds. The van der Waals surface area contributed by atoms with Gasteiger partial charge in [-0.15, -0.1) is 0 Å². The van der Waals surface area contributed by atoms with Gasteiger partial charge in [-0.1, -0.05) is 0 Å². The molecule has 1 aromatic carbocycles. The van der Waals surface area contributed by atoms with Gasteiger partial charge in [0.15, 0.2) is 11.5 Å². The summed E-state index contributed by atoms with van der Waals surface area (Å²) in [5.41, 5.74) is 0.273. The Hall–Kier alpha value is -2.35. The van der Waals surface area contributed by atoms with E-state index in [4.69, 9.17) is 4.74 Å². The largest absolute Gasteiger partial charge is 0.503 e. The van der Waals surface area contributed by atoms with Crippen LogP contribution in [0.2, 0.25) is 0 Å². The second-order valence-corrected chi connectivity index (χ2v) is 5.09. The molecule has 0 atom stereocenters. The number of phenolic OH excluding ortho intramolecular Hbond substituents is 1. The minimum atomic E-state index is -0.772.